The lowest BCUT2D eigenvalue weighted by atomic mass is 10.0. The van der Waals surface area contributed by atoms with Crippen molar-refractivity contribution in [3.8, 4) is 0 Å². The van der Waals surface area contributed by atoms with Crippen molar-refractivity contribution in [3.05, 3.63) is 35.0 Å². The monoisotopic (exact) mass is 196 g/mol. The van der Waals surface area contributed by atoms with E-state index in [4.69, 9.17) is 23.1 Å². The zero-order chi connectivity index (χ0) is 10.0. The van der Waals surface area contributed by atoms with Gasteiger partial charge in [-0.05, 0) is 31.0 Å². The summed E-state index contributed by atoms with van der Waals surface area (Å²) in [6, 6.07) is 3.80. The lowest BCUT2D eigenvalue weighted by Gasteiger charge is -2.10. The van der Waals surface area contributed by atoms with Crippen molar-refractivity contribution in [1.29, 1.82) is 0 Å². The van der Waals surface area contributed by atoms with Gasteiger partial charge in [-0.25, -0.2) is 0 Å². The molecule has 0 atom stereocenters. The van der Waals surface area contributed by atoms with E-state index >= 15 is 0 Å². The van der Waals surface area contributed by atoms with Crippen LogP contribution in [0.5, 0.6) is 0 Å². The van der Waals surface area contributed by atoms with Crippen molar-refractivity contribution in [3.63, 3.8) is 0 Å². The maximum absolute atomic E-state index is 5.95. The standard InChI is InChI=1S/C10H13ClN2/c1-6-3-4-9(13)7(2)10(6)8(11)5-12/h3-5H,12-13H2,1-2H3/b8-5+. The van der Waals surface area contributed by atoms with Gasteiger partial charge in [0.2, 0.25) is 0 Å². The molecule has 0 saturated heterocycles. The molecule has 0 aliphatic rings. The predicted molar refractivity (Wildman–Crippen MR) is 58.3 cm³/mol. The van der Waals surface area contributed by atoms with E-state index in [1.165, 1.54) is 6.20 Å². The lowest BCUT2D eigenvalue weighted by molar-refractivity contribution is 1.35. The molecule has 1 aromatic rings. The summed E-state index contributed by atoms with van der Waals surface area (Å²) >= 11 is 5.95. The van der Waals surface area contributed by atoms with Gasteiger partial charge in [-0.1, -0.05) is 17.7 Å². The average Bonchev–Trinajstić information content (AvgIpc) is 2.12. The average molecular weight is 197 g/mol. The fraction of sp³-hybridized carbons (Fsp3) is 0.200. The number of anilines is 1. The molecule has 0 amide bonds. The molecule has 1 rings (SSSR count). The van der Waals surface area contributed by atoms with Crippen LogP contribution < -0.4 is 11.5 Å². The molecule has 70 valence electrons. The van der Waals surface area contributed by atoms with Crippen molar-refractivity contribution in [2.45, 2.75) is 13.8 Å². The molecule has 0 heterocycles. The fourth-order valence-electron chi connectivity index (χ4n) is 1.31. The Hall–Kier alpha value is -1.15. The minimum absolute atomic E-state index is 0.544. The Morgan fingerprint density at radius 3 is 2.54 bits per heavy atom. The van der Waals surface area contributed by atoms with Gasteiger partial charge in [0.1, 0.15) is 0 Å². The Morgan fingerprint density at radius 2 is 2.00 bits per heavy atom. The first-order chi connectivity index (χ1) is 6.07. The molecule has 0 saturated carbocycles. The van der Waals surface area contributed by atoms with Crippen LogP contribution in [0.1, 0.15) is 16.7 Å². The van der Waals surface area contributed by atoms with Crippen molar-refractivity contribution in [1.82, 2.24) is 0 Å². The summed E-state index contributed by atoms with van der Waals surface area (Å²) in [6.45, 7) is 3.91. The number of hydrogen-bond acceptors (Lipinski definition) is 2. The Kier molecular flexibility index (Phi) is 2.83. The van der Waals surface area contributed by atoms with Crippen LogP contribution in [-0.2, 0) is 0 Å². The van der Waals surface area contributed by atoms with Gasteiger partial charge in [0, 0.05) is 17.5 Å². The molecule has 0 aliphatic carbocycles. The highest BCUT2D eigenvalue weighted by atomic mass is 35.5. The largest absolute Gasteiger partial charge is 0.403 e. The lowest BCUT2D eigenvalue weighted by Crippen LogP contribution is -1.97. The Morgan fingerprint density at radius 1 is 1.38 bits per heavy atom. The Bertz CT molecular complexity index is 356. The fourth-order valence-corrected chi connectivity index (χ4v) is 1.60. The van der Waals surface area contributed by atoms with Crippen LogP contribution >= 0.6 is 11.6 Å². The van der Waals surface area contributed by atoms with E-state index in [1.54, 1.807) is 0 Å². The van der Waals surface area contributed by atoms with Crippen LogP contribution in [0.3, 0.4) is 0 Å². The van der Waals surface area contributed by atoms with Crippen LogP contribution in [0.4, 0.5) is 5.69 Å². The van der Waals surface area contributed by atoms with Crippen molar-refractivity contribution in [2.75, 3.05) is 5.73 Å². The summed E-state index contributed by atoms with van der Waals surface area (Å²) in [6.07, 6.45) is 1.39. The molecule has 0 unspecified atom stereocenters. The number of nitrogens with two attached hydrogens (primary N) is 2. The maximum atomic E-state index is 5.95. The number of hydrogen-bond donors (Lipinski definition) is 2. The number of rotatable bonds is 1. The van der Waals surface area contributed by atoms with E-state index in [0.29, 0.717) is 5.03 Å². The highest BCUT2D eigenvalue weighted by Crippen LogP contribution is 2.28. The molecular formula is C10H13ClN2. The third-order valence-electron chi connectivity index (χ3n) is 2.10. The van der Waals surface area contributed by atoms with E-state index in [0.717, 1.165) is 22.4 Å². The molecule has 3 heteroatoms. The van der Waals surface area contributed by atoms with Crippen molar-refractivity contribution in [2.24, 2.45) is 5.73 Å². The summed E-state index contributed by atoms with van der Waals surface area (Å²) in [7, 11) is 0. The smallest absolute Gasteiger partial charge is 0.0638 e. The molecule has 0 aliphatic heterocycles. The summed E-state index contributed by atoms with van der Waals surface area (Å²) in [5, 5.41) is 0.544. The van der Waals surface area contributed by atoms with Crippen LogP contribution in [-0.4, -0.2) is 0 Å². The third kappa shape index (κ3) is 1.78. The highest BCUT2D eigenvalue weighted by Gasteiger charge is 2.07. The molecule has 0 aromatic heterocycles. The van der Waals surface area contributed by atoms with Gasteiger partial charge < -0.3 is 11.5 Å². The quantitative estimate of drug-likeness (QED) is 0.678. The first-order valence-electron chi connectivity index (χ1n) is 4.01. The number of benzene rings is 1. The maximum Gasteiger partial charge on any atom is 0.0638 e. The molecule has 0 fully saturated rings. The van der Waals surface area contributed by atoms with Crippen molar-refractivity contribution < 1.29 is 0 Å². The van der Waals surface area contributed by atoms with Gasteiger partial charge >= 0.3 is 0 Å². The molecule has 13 heavy (non-hydrogen) atoms. The molecule has 1 aromatic carbocycles. The van der Waals surface area contributed by atoms with E-state index in [9.17, 15) is 0 Å². The SMILES string of the molecule is Cc1ccc(N)c(C)c1/C(Cl)=C\N. The predicted octanol–water partition coefficient (Wildman–Crippen LogP) is 2.38. The van der Waals surface area contributed by atoms with Crippen LogP contribution in [0, 0.1) is 13.8 Å². The van der Waals surface area contributed by atoms with Crippen LogP contribution in [0.15, 0.2) is 18.3 Å². The second kappa shape index (κ2) is 3.71. The normalized spacial score (nSPS) is 11.8. The van der Waals surface area contributed by atoms with Gasteiger partial charge in [-0.15, -0.1) is 0 Å². The second-order valence-corrected chi connectivity index (χ2v) is 3.39. The second-order valence-electron chi connectivity index (χ2n) is 2.99. The number of halogens is 1. The Balaban J connectivity index is 3.42. The summed E-state index contributed by atoms with van der Waals surface area (Å²) in [5.41, 5.74) is 14.8. The van der Waals surface area contributed by atoms with Gasteiger partial charge in [0.15, 0.2) is 0 Å². The zero-order valence-corrected chi connectivity index (χ0v) is 8.52. The molecule has 0 bridgehead atoms. The van der Waals surface area contributed by atoms with E-state index in [2.05, 4.69) is 0 Å². The van der Waals surface area contributed by atoms with Gasteiger partial charge in [0.25, 0.3) is 0 Å². The molecule has 2 nitrogen and oxygen atoms in total. The topological polar surface area (TPSA) is 52.0 Å². The van der Waals surface area contributed by atoms with Crippen LogP contribution in [0.25, 0.3) is 5.03 Å². The summed E-state index contributed by atoms with van der Waals surface area (Å²) in [4.78, 5) is 0. The van der Waals surface area contributed by atoms with E-state index in [1.807, 2.05) is 26.0 Å². The number of aryl methyl sites for hydroxylation is 1. The Labute approximate surface area is 83.2 Å². The molecule has 0 radical (unpaired) electrons. The van der Waals surface area contributed by atoms with Crippen molar-refractivity contribution >= 4 is 22.3 Å². The summed E-state index contributed by atoms with van der Waals surface area (Å²) in [5.74, 6) is 0. The van der Waals surface area contributed by atoms with Gasteiger partial charge in [0.05, 0.1) is 5.03 Å². The van der Waals surface area contributed by atoms with Gasteiger partial charge in [-0.3, -0.25) is 0 Å². The van der Waals surface area contributed by atoms with Crippen LogP contribution in [0.2, 0.25) is 0 Å². The molecule has 0 spiro atoms. The summed E-state index contributed by atoms with van der Waals surface area (Å²) < 4.78 is 0. The highest BCUT2D eigenvalue weighted by molar-refractivity contribution is 6.49. The van der Waals surface area contributed by atoms with Gasteiger partial charge in [-0.2, -0.15) is 0 Å². The van der Waals surface area contributed by atoms with E-state index in [-0.39, 0.29) is 0 Å². The molecule has 4 N–H and O–H groups in total. The number of nitrogen functional groups attached to an aromatic ring is 1. The first kappa shape index (κ1) is 9.93. The van der Waals surface area contributed by atoms with E-state index < -0.39 is 0 Å². The molecular weight excluding hydrogens is 184 g/mol. The first-order valence-corrected chi connectivity index (χ1v) is 4.39. The minimum atomic E-state index is 0.544. The third-order valence-corrected chi connectivity index (χ3v) is 2.42. The minimum Gasteiger partial charge on any atom is -0.403 e. The zero-order valence-electron chi connectivity index (χ0n) is 7.76.